The van der Waals surface area contributed by atoms with E-state index in [4.69, 9.17) is 0 Å². The highest BCUT2D eigenvalue weighted by Crippen LogP contribution is 2.16. The summed E-state index contributed by atoms with van der Waals surface area (Å²) in [6.45, 7) is 3.49. The van der Waals surface area contributed by atoms with Crippen molar-refractivity contribution in [1.29, 1.82) is 0 Å². The number of benzene rings is 2. The monoisotopic (exact) mass is 335 g/mol. The largest absolute Gasteiger partial charge is 0.324 e. The van der Waals surface area contributed by atoms with Crippen molar-refractivity contribution in [2.75, 3.05) is 5.32 Å². The molecule has 1 heterocycles. The zero-order chi connectivity index (χ0) is 17.8. The minimum atomic E-state index is -0.253. The van der Waals surface area contributed by atoms with Crippen LogP contribution in [0, 0.1) is 6.92 Å². The van der Waals surface area contributed by atoms with E-state index < -0.39 is 0 Å². The number of anilines is 1. The highest BCUT2D eigenvalue weighted by molar-refractivity contribution is 5.95. The fourth-order valence-electron chi connectivity index (χ4n) is 2.35. The van der Waals surface area contributed by atoms with Crippen LogP contribution >= 0.6 is 0 Å². The van der Waals surface area contributed by atoms with Gasteiger partial charge in [0.05, 0.1) is 0 Å². The van der Waals surface area contributed by atoms with Crippen molar-refractivity contribution in [2.24, 2.45) is 0 Å². The van der Waals surface area contributed by atoms with Gasteiger partial charge < -0.3 is 5.32 Å². The number of aryl methyl sites for hydroxylation is 1. The molecular weight excluding hydrogens is 318 g/mol. The zero-order valence-corrected chi connectivity index (χ0v) is 13.9. The van der Waals surface area contributed by atoms with E-state index in [9.17, 15) is 9.59 Å². The molecule has 0 saturated carbocycles. The van der Waals surface area contributed by atoms with Gasteiger partial charge in [0.15, 0.2) is 11.6 Å². The first kappa shape index (κ1) is 16.5. The molecule has 25 heavy (non-hydrogen) atoms. The van der Waals surface area contributed by atoms with Gasteiger partial charge in [-0.2, -0.15) is 0 Å². The first-order chi connectivity index (χ1) is 12.0. The number of amides is 1. The third kappa shape index (κ3) is 3.95. The van der Waals surface area contributed by atoms with Crippen LogP contribution in [0.2, 0.25) is 0 Å². The summed E-state index contributed by atoms with van der Waals surface area (Å²) in [5.74, 6) is 0.257. The van der Waals surface area contributed by atoms with Gasteiger partial charge in [-0.15, -0.1) is 5.10 Å². The summed E-state index contributed by atoms with van der Waals surface area (Å²) in [5, 5.41) is 14.3. The molecular formula is C18H17N5O2. The Morgan fingerprint density at radius 1 is 1.04 bits per heavy atom. The lowest BCUT2D eigenvalue weighted by atomic mass is 10.1. The summed E-state index contributed by atoms with van der Waals surface area (Å²) in [7, 11) is 0. The van der Waals surface area contributed by atoms with E-state index in [0.717, 1.165) is 11.1 Å². The lowest BCUT2D eigenvalue weighted by Crippen LogP contribution is -2.20. The van der Waals surface area contributed by atoms with Gasteiger partial charge >= 0.3 is 0 Å². The predicted octanol–water partition coefficient (Wildman–Crippen LogP) is 2.49. The summed E-state index contributed by atoms with van der Waals surface area (Å²) in [6.07, 6.45) is 0. The molecule has 0 bridgehead atoms. The smallest absolute Gasteiger partial charge is 0.246 e. The molecule has 0 aliphatic rings. The maximum absolute atomic E-state index is 12.2. The quantitative estimate of drug-likeness (QED) is 0.724. The van der Waals surface area contributed by atoms with Crippen LogP contribution in [0.4, 0.5) is 5.69 Å². The lowest BCUT2D eigenvalue weighted by molar-refractivity contribution is -0.116. The Bertz CT molecular complexity index is 898. The molecule has 3 rings (SSSR count). The molecule has 1 amide bonds. The number of rotatable bonds is 5. The molecule has 0 aliphatic heterocycles. The molecule has 7 nitrogen and oxygen atoms in total. The molecule has 0 atom stereocenters. The number of carbonyl (C=O) groups is 2. The van der Waals surface area contributed by atoms with Crippen molar-refractivity contribution in [1.82, 2.24) is 20.2 Å². The normalized spacial score (nSPS) is 10.5. The summed E-state index contributed by atoms with van der Waals surface area (Å²) in [4.78, 5) is 23.5. The number of Topliss-reactive ketones (excluding diaryl/α,β-unsaturated/α-hetero) is 1. The third-order valence-electron chi connectivity index (χ3n) is 3.71. The fourth-order valence-corrected chi connectivity index (χ4v) is 2.35. The Hall–Kier alpha value is -3.35. The second kappa shape index (κ2) is 7.04. The third-order valence-corrected chi connectivity index (χ3v) is 3.71. The standard InChI is InChI=1S/C18H17N5O2/c1-12-3-5-15(6-4-12)18-20-21-22-23(18)11-17(25)19-16-9-7-14(8-10-16)13(2)24/h3-10H,11H2,1-2H3,(H,19,25). The average Bonchev–Trinajstić information content (AvgIpc) is 3.04. The number of nitrogens with zero attached hydrogens (tertiary/aromatic N) is 4. The number of carbonyl (C=O) groups excluding carboxylic acids is 2. The molecule has 3 aromatic rings. The number of ketones is 1. The van der Waals surface area contributed by atoms with Gasteiger partial charge in [-0.25, -0.2) is 4.68 Å². The zero-order valence-electron chi connectivity index (χ0n) is 13.9. The van der Waals surface area contributed by atoms with Crippen LogP contribution in [0.3, 0.4) is 0 Å². The van der Waals surface area contributed by atoms with E-state index >= 15 is 0 Å². The molecule has 0 fully saturated rings. The summed E-state index contributed by atoms with van der Waals surface area (Å²) in [5.41, 5.74) is 3.18. The van der Waals surface area contributed by atoms with Gasteiger partial charge in [0.2, 0.25) is 5.91 Å². The molecule has 0 spiro atoms. The van der Waals surface area contributed by atoms with Crippen molar-refractivity contribution >= 4 is 17.4 Å². The first-order valence-corrected chi connectivity index (χ1v) is 7.77. The van der Waals surface area contributed by atoms with E-state index in [0.29, 0.717) is 17.1 Å². The van der Waals surface area contributed by atoms with Crippen LogP contribution in [0.25, 0.3) is 11.4 Å². The molecule has 7 heteroatoms. The molecule has 0 radical (unpaired) electrons. The van der Waals surface area contributed by atoms with Crippen LogP contribution in [0.1, 0.15) is 22.8 Å². The molecule has 126 valence electrons. The summed E-state index contributed by atoms with van der Waals surface area (Å²) in [6, 6.07) is 14.5. The van der Waals surface area contributed by atoms with Crippen molar-refractivity contribution in [2.45, 2.75) is 20.4 Å². The van der Waals surface area contributed by atoms with Crippen LogP contribution in [-0.4, -0.2) is 31.9 Å². The molecule has 0 aliphatic carbocycles. The Balaban J connectivity index is 1.70. The fraction of sp³-hybridized carbons (Fsp3) is 0.167. The summed E-state index contributed by atoms with van der Waals surface area (Å²) >= 11 is 0. The van der Waals surface area contributed by atoms with Crippen LogP contribution in [-0.2, 0) is 11.3 Å². The number of hydrogen-bond acceptors (Lipinski definition) is 5. The van der Waals surface area contributed by atoms with Gasteiger partial charge in [0.1, 0.15) is 6.54 Å². The van der Waals surface area contributed by atoms with Crippen molar-refractivity contribution < 1.29 is 9.59 Å². The number of nitrogens with one attached hydrogen (secondary N) is 1. The van der Waals surface area contributed by atoms with Gasteiger partial charge in [-0.05, 0) is 48.5 Å². The lowest BCUT2D eigenvalue weighted by Gasteiger charge is -2.07. The Morgan fingerprint density at radius 3 is 2.36 bits per heavy atom. The maximum Gasteiger partial charge on any atom is 0.246 e. The number of tetrazole rings is 1. The van der Waals surface area contributed by atoms with E-state index in [1.54, 1.807) is 24.3 Å². The minimum Gasteiger partial charge on any atom is -0.324 e. The molecule has 1 N–H and O–H groups in total. The predicted molar refractivity (Wildman–Crippen MR) is 93.1 cm³/mol. The van der Waals surface area contributed by atoms with Crippen molar-refractivity contribution in [3.63, 3.8) is 0 Å². The SMILES string of the molecule is CC(=O)c1ccc(NC(=O)Cn2nnnc2-c2ccc(C)cc2)cc1. The Kier molecular flexibility index (Phi) is 4.65. The van der Waals surface area contributed by atoms with Gasteiger partial charge in [0.25, 0.3) is 0 Å². The first-order valence-electron chi connectivity index (χ1n) is 7.77. The highest BCUT2D eigenvalue weighted by Gasteiger charge is 2.12. The average molecular weight is 335 g/mol. The summed E-state index contributed by atoms with van der Waals surface area (Å²) < 4.78 is 1.45. The number of hydrogen-bond donors (Lipinski definition) is 1. The number of aromatic nitrogens is 4. The molecule has 2 aromatic carbocycles. The Labute approximate surface area is 144 Å². The van der Waals surface area contributed by atoms with Gasteiger partial charge in [-0.3, -0.25) is 9.59 Å². The van der Waals surface area contributed by atoms with E-state index in [1.165, 1.54) is 11.6 Å². The highest BCUT2D eigenvalue weighted by atomic mass is 16.2. The van der Waals surface area contributed by atoms with E-state index in [-0.39, 0.29) is 18.2 Å². The Morgan fingerprint density at radius 2 is 1.72 bits per heavy atom. The van der Waals surface area contributed by atoms with E-state index in [2.05, 4.69) is 20.8 Å². The molecule has 0 saturated heterocycles. The minimum absolute atomic E-state index is 0.00926. The van der Waals surface area contributed by atoms with Crippen molar-refractivity contribution in [3.05, 3.63) is 59.7 Å². The second-order valence-corrected chi connectivity index (χ2v) is 5.71. The van der Waals surface area contributed by atoms with Gasteiger partial charge in [0, 0.05) is 16.8 Å². The van der Waals surface area contributed by atoms with E-state index in [1.807, 2.05) is 31.2 Å². The van der Waals surface area contributed by atoms with Crippen molar-refractivity contribution in [3.8, 4) is 11.4 Å². The van der Waals surface area contributed by atoms with Crippen LogP contribution in [0.15, 0.2) is 48.5 Å². The van der Waals surface area contributed by atoms with Crippen LogP contribution in [0.5, 0.6) is 0 Å². The molecule has 1 aromatic heterocycles. The molecule has 0 unspecified atom stereocenters. The van der Waals surface area contributed by atoms with Gasteiger partial charge in [-0.1, -0.05) is 29.8 Å². The second-order valence-electron chi connectivity index (χ2n) is 5.71. The maximum atomic E-state index is 12.2. The van der Waals surface area contributed by atoms with Crippen LogP contribution < -0.4 is 5.32 Å². The topological polar surface area (TPSA) is 89.8 Å².